The van der Waals surface area contributed by atoms with E-state index in [1.54, 1.807) is 26.0 Å². The van der Waals surface area contributed by atoms with Crippen LogP contribution in [0.4, 0.5) is 11.4 Å². The van der Waals surface area contributed by atoms with Gasteiger partial charge in [0, 0.05) is 40.8 Å². The van der Waals surface area contributed by atoms with Crippen molar-refractivity contribution in [2.24, 2.45) is 5.92 Å². The number of pyridine rings is 1. The highest BCUT2D eigenvalue weighted by Crippen LogP contribution is 2.24. The van der Waals surface area contributed by atoms with Crippen LogP contribution in [0.25, 0.3) is 5.52 Å². The average molecular weight is 554 g/mol. The Kier molecular flexibility index (Phi) is 9.95. The topological polar surface area (TPSA) is 88.9 Å². The molecule has 0 saturated heterocycles. The van der Waals surface area contributed by atoms with Crippen molar-refractivity contribution in [2.45, 2.75) is 59.4 Å². The quantitative estimate of drug-likeness (QED) is 0.142. The van der Waals surface area contributed by atoms with E-state index in [1.807, 2.05) is 71.3 Å². The molecule has 2 N–H and O–H groups in total. The Morgan fingerprint density at radius 1 is 0.902 bits per heavy atom. The Hall–Kier alpha value is -4.39. The molecule has 0 spiro atoms. The molecular formula is C34H39N3O4. The van der Waals surface area contributed by atoms with Crippen LogP contribution in [0.1, 0.15) is 67.7 Å². The molecule has 214 valence electrons. The maximum Gasteiger partial charge on any atom is 0.305 e. The lowest BCUT2D eigenvalue weighted by molar-refractivity contribution is -0.143. The highest BCUT2D eigenvalue weighted by molar-refractivity contribution is 6.14. The van der Waals surface area contributed by atoms with Crippen LogP contribution in [0.15, 0.2) is 79.0 Å². The second-order valence-corrected chi connectivity index (χ2v) is 10.7. The van der Waals surface area contributed by atoms with Gasteiger partial charge >= 0.3 is 5.97 Å². The molecule has 2 heterocycles. The van der Waals surface area contributed by atoms with E-state index in [1.165, 1.54) is 5.56 Å². The highest BCUT2D eigenvalue weighted by Gasteiger charge is 2.19. The normalized spacial score (nSPS) is 11.8. The van der Waals surface area contributed by atoms with Gasteiger partial charge in [0.2, 0.25) is 5.91 Å². The van der Waals surface area contributed by atoms with Crippen LogP contribution in [-0.2, 0) is 27.2 Å². The fourth-order valence-corrected chi connectivity index (χ4v) is 4.91. The Labute approximate surface area is 241 Å². The van der Waals surface area contributed by atoms with E-state index in [0.29, 0.717) is 48.6 Å². The van der Waals surface area contributed by atoms with Gasteiger partial charge in [-0.1, -0.05) is 44.2 Å². The fraction of sp³-hybridized carbons (Fsp3) is 0.324. The summed E-state index contributed by atoms with van der Waals surface area (Å²) in [6.07, 6.45) is 4.54. The molecule has 0 radical (unpaired) electrons. The van der Waals surface area contributed by atoms with Crippen molar-refractivity contribution in [2.75, 3.05) is 17.2 Å². The van der Waals surface area contributed by atoms with Crippen LogP contribution in [0.3, 0.4) is 0 Å². The lowest BCUT2D eigenvalue weighted by Gasteiger charge is -2.16. The zero-order valence-electron chi connectivity index (χ0n) is 24.3. The minimum absolute atomic E-state index is 0.104. The molecule has 4 rings (SSSR count). The standard InChI is InChI=1S/C34H39N3O4/c1-5-41-32(38)14-9-12-29-22-30(31-13-6-7-19-37(29)31)33(39)26-10-8-11-28(21-26)35-24(4)34(40)36-27-17-15-25(16-18-27)20-23(2)3/h6-8,10-11,13,15-19,21-24,35H,5,9,12,14,20H2,1-4H3,(H,36,40). The van der Waals surface area contributed by atoms with E-state index in [4.69, 9.17) is 4.74 Å². The molecule has 7 nitrogen and oxygen atoms in total. The zero-order valence-corrected chi connectivity index (χ0v) is 24.3. The van der Waals surface area contributed by atoms with Gasteiger partial charge in [0.25, 0.3) is 0 Å². The van der Waals surface area contributed by atoms with Gasteiger partial charge in [0.1, 0.15) is 6.04 Å². The highest BCUT2D eigenvalue weighted by atomic mass is 16.5. The van der Waals surface area contributed by atoms with E-state index in [0.717, 1.165) is 23.3 Å². The summed E-state index contributed by atoms with van der Waals surface area (Å²) in [6.45, 7) is 8.32. The van der Waals surface area contributed by atoms with Crippen molar-refractivity contribution in [1.29, 1.82) is 0 Å². The second kappa shape index (κ2) is 13.8. The summed E-state index contributed by atoms with van der Waals surface area (Å²) in [4.78, 5) is 38.3. The third-order valence-electron chi connectivity index (χ3n) is 6.89. The van der Waals surface area contributed by atoms with E-state index in [9.17, 15) is 14.4 Å². The molecule has 2 aromatic heterocycles. The molecule has 4 aromatic rings. The number of hydrogen-bond donors (Lipinski definition) is 2. The summed E-state index contributed by atoms with van der Waals surface area (Å²) < 4.78 is 7.04. The average Bonchev–Trinajstić information content (AvgIpc) is 3.32. The van der Waals surface area contributed by atoms with E-state index in [-0.39, 0.29) is 17.7 Å². The fourth-order valence-electron chi connectivity index (χ4n) is 4.91. The number of fused-ring (bicyclic) bond motifs is 1. The predicted molar refractivity (Wildman–Crippen MR) is 164 cm³/mol. The molecule has 0 aliphatic carbocycles. The number of benzene rings is 2. The first-order valence-corrected chi connectivity index (χ1v) is 14.3. The molecule has 0 saturated carbocycles. The lowest BCUT2D eigenvalue weighted by atomic mass is 10.0. The number of hydrogen-bond acceptors (Lipinski definition) is 5. The van der Waals surface area contributed by atoms with Crippen molar-refractivity contribution in [3.8, 4) is 0 Å². The van der Waals surface area contributed by atoms with Crippen LogP contribution in [0, 0.1) is 5.92 Å². The van der Waals surface area contributed by atoms with Crippen LogP contribution < -0.4 is 10.6 Å². The SMILES string of the molecule is CCOC(=O)CCCc1cc(C(=O)c2cccc(NC(C)C(=O)Nc3ccc(CC(C)C)cc3)c2)c2ccccn12. The lowest BCUT2D eigenvalue weighted by Crippen LogP contribution is -2.31. The zero-order chi connectivity index (χ0) is 29.4. The van der Waals surface area contributed by atoms with E-state index >= 15 is 0 Å². The molecule has 0 fully saturated rings. The Morgan fingerprint density at radius 2 is 1.68 bits per heavy atom. The van der Waals surface area contributed by atoms with Crippen LogP contribution in [0.5, 0.6) is 0 Å². The Bertz CT molecular complexity index is 1500. The molecule has 2 aromatic carbocycles. The maximum absolute atomic E-state index is 13.7. The van der Waals surface area contributed by atoms with E-state index in [2.05, 4.69) is 24.5 Å². The minimum atomic E-state index is -0.517. The van der Waals surface area contributed by atoms with Gasteiger partial charge in [-0.15, -0.1) is 0 Å². The number of aromatic nitrogens is 1. The monoisotopic (exact) mass is 553 g/mol. The van der Waals surface area contributed by atoms with Crippen molar-refractivity contribution in [1.82, 2.24) is 4.40 Å². The van der Waals surface area contributed by atoms with Crippen LogP contribution >= 0.6 is 0 Å². The summed E-state index contributed by atoms with van der Waals surface area (Å²) >= 11 is 0. The van der Waals surface area contributed by atoms with Gasteiger partial charge in [0.05, 0.1) is 12.1 Å². The van der Waals surface area contributed by atoms with Gasteiger partial charge in [-0.2, -0.15) is 0 Å². The van der Waals surface area contributed by atoms with Gasteiger partial charge in [-0.05, 0) is 87.1 Å². The largest absolute Gasteiger partial charge is 0.466 e. The number of anilines is 2. The second-order valence-electron chi connectivity index (χ2n) is 10.7. The summed E-state index contributed by atoms with van der Waals surface area (Å²) in [6, 6.07) is 22.3. The molecule has 1 amide bonds. The summed E-state index contributed by atoms with van der Waals surface area (Å²) in [5.74, 6) is 0.0944. The number of amides is 1. The number of rotatable bonds is 13. The number of ketones is 1. The van der Waals surface area contributed by atoms with E-state index < -0.39 is 6.04 Å². The number of carbonyl (C=O) groups excluding carboxylic acids is 3. The number of nitrogens with one attached hydrogen (secondary N) is 2. The first-order valence-electron chi connectivity index (χ1n) is 14.3. The molecule has 41 heavy (non-hydrogen) atoms. The first-order chi connectivity index (χ1) is 19.7. The third kappa shape index (κ3) is 7.84. The van der Waals surface area contributed by atoms with Crippen LogP contribution in [0.2, 0.25) is 0 Å². The molecular weight excluding hydrogens is 514 g/mol. The minimum Gasteiger partial charge on any atom is -0.466 e. The number of aryl methyl sites for hydroxylation is 1. The van der Waals surface area contributed by atoms with Gasteiger partial charge < -0.3 is 19.8 Å². The molecule has 7 heteroatoms. The molecule has 0 bridgehead atoms. The number of nitrogens with zero attached hydrogens (tertiary/aromatic N) is 1. The smallest absolute Gasteiger partial charge is 0.305 e. The van der Waals surface area contributed by atoms with Gasteiger partial charge in [0.15, 0.2) is 5.78 Å². The van der Waals surface area contributed by atoms with Crippen molar-refractivity contribution >= 4 is 34.6 Å². The molecule has 0 aliphatic heterocycles. The third-order valence-corrected chi connectivity index (χ3v) is 6.89. The van der Waals surface area contributed by atoms with Crippen molar-refractivity contribution < 1.29 is 19.1 Å². The molecule has 1 atom stereocenters. The van der Waals surface area contributed by atoms with Crippen LogP contribution in [-0.4, -0.2) is 34.7 Å². The number of carbonyl (C=O) groups is 3. The summed E-state index contributed by atoms with van der Waals surface area (Å²) in [7, 11) is 0. The van der Waals surface area contributed by atoms with Crippen molar-refractivity contribution in [3.05, 3.63) is 101 Å². The Morgan fingerprint density at radius 3 is 2.41 bits per heavy atom. The van der Waals surface area contributed by atoms with Crippen molar-refractivity contribution in [3.63, 3.8) is 0 Å². The molecule has 0 aliphatic rings. The number of esters is 1. The Balaban J connectivity index is 1.44. The summed E-state index contributed by atoms with van der Waals surface area (Å²) in [5, 5.41) is 6.18. The van der Waals surface area contributed by atoms with Gasteiger partial charge in [-0.3, -0.25) is 14.4 Å². The predicted octanol–water partition coefficient (Wildman–Crippen LogP) is 6.69. The molecule has 1 unspecified atom stereocenters. The first kappa shape index (κ1) is 29.6. The summed E-state index contributed by atoms with van der Waals surface area (Å²) in [5.41, 5.74) is 5.57. The number of ether oxygens (including phenoxy) is 1. The maximum atomic E-state index is 13.7. The van der Waals surface area contributed by atoms with Gasteiger partial charge in [-0.25, -0.2) is 0 Å².